The van der Waals surface area contributed by atoms with E-state index in [1.165, 1.54) is 0 Å². The lowest BCUT2D eigenvalue weighted by atomic mass is 10.1. The van der Waals surface area contributed by atoms with E-state index in [1.807, 2.05) is 52.0 Å². The zero-order valence-corrected chi connectivity index (χ0v) is 13.8. The lowest BCUT2D eigenvalue weighted by Crippen LogP contribution is -2.51. The fourth-order valence-electron chi connectivity index (χ4n) is 2.30. The number of nitrogens with zero attached hydrogens (tertiary/aromatic N) is 2. The van der Waals surface area contributed by atoms with Crippen molar-refractivity contribution in [3.8, 4) is 0 Å². The quantitative estimate of drug-likeness (QED) is 0.801. The number of hydrogen-bond acceptors (Lipinski definition) is 3. The molecule has 1 saturated heterocycles. The Kier molecular flexibility index (Phi) is 4.74. The van der Waals surface area contributed by atoms with Gasteiger partial charge in [0.1, 0.15) is 5.60 Å². The highest BCUT2D eigenvalue weighted by Gasteiger charge is 2.27. The summed E-state index contributed by atoms with van der Waals surface area (Å²) in [6.45, 7) is 9.62. The minimum Gasteiger partial charge on any atom is -0.444 e. The number of hydrogen-bond donors (Lipinski definition) is 0. The lowest BCUT2D eigenvalue weighted by Gasteiger charge is -2.35. The first-order chi connectivity index (χ1) is 10.3. The molecule has 1 heterocycles. The molecule has 1 aliphatic rings. The third-order valence-electron chi connectivity index (χ3n) is 3.52. The van der Waals surface area contributed by atoms with Crippen LogP contribution in [0.25, 0.3) is 0 Å². The third kappa shape index (κ3) is 4.23. The first-order valence-electron chi connectivity index (χ1n) is 7.60. The highest BCUT2D eigenvalue weighted by atomic mass is 16.6. The van der Waals surface area contributed by atoms with E-state index in [0.717, 1.165) is 5.56 Å². The van der Waals surface area contributed by atoms with Crippen molar-refractivity contribution in [2.24, 2.45) is 0 Å². The Bertz CT molecular complexity index is 538. The maximum Gasteiger partial charge on any atom is 0.410 e. The van der Waals surface area contributed by atoms with E-state index in [0.29, 0.717) is 31.7 Å². The standard InChI is InChI=1S/C17H24N2O3/c1-13-5-7-14(8-6-13)15(20)18-9-11-19(12-10-18)16(21)22-17(2,3)4/h5-8H,9-12H2,1-4H3. The summed E-state index contributed by atoms with van der Waals surface area (Å²) in [7, 11) is 0. The Hall–Kier alpha value is -2.04. The Balaban J connectivity index is 1.90. The van der Waals surface area contributed by atoms with Crippen molar-refractivity contribution in [2.75, 3.05) is 26.2 Å². The van der Waals surface area contributed by atoms with Gasteiger partial charge in [0.2, 0.25) is 0 Å². The number of ether oxygens (including phenoxy) is 1. The van der Waals surface area contributed by atoms with Crippen LogP contribution in [0.3, 0.4) is 0 Å². The Morgan fingerprint density at radius 3 is 1.95 bits per heavy atom. The summed E-state index contributed by atoms with van der Waals surface area (Å²) in [5.74, 6) is 0.0174. The minimum absolute atomic E-state index is 0.0174. The first kappa shape index (κ1) is 16.3. The molecule has 0 saturated carbocycles. The monoisotopic (exact) mass is 304 g/mol. The van der Waals surface area contributed by atoms with Crippen molar-refractivity contribution in [3.05, 3.63) is 35.4 Å². The molecule has 1 aliphatic heterocycles. The molecule has 0 aromatic heterocycles. The van der Waals surface area contributed by atoms with Gasteiger partial charge in [0.05, 0.1) is 0 Å². The summed E-state index contributed by atoms with van der Waals surface area (Å²) in [5, 5.41) is 0. The van der Waals surface area contributed by atoms with Crippen LogP contribution in [0.15, 0.2) is 24.3 Å². The summed E-state index contributed by atoms with van der Waals surface area (Å²) >= 11 is 0. The maximum absolute atomic E-state index is 12.4. The average molecular weight is 304 g/mol. The predicted octanol–water partition coefficient (Wildman–Crippen LogP) is 2.69. The topological polar surface area (TPSA) is 49.9 Å². The molecule has 0 atom stereocenters. The van der Waals surface area contributed by atoms with Crippen LogP contribution in [0.1, 0.15) is 36.7 Å². The summed E-state index contributed by atoms with van der Waals surface area (Å²) in [5.41, 5.74) is 1.33. The minimum atomic E-state index is -0.494. The largest absolute Gasteiger partial charge is 0.444 e. The molecule has 22 heavy (non-hydrogen) atoms. The van der Waals surface area contributed by atoms with E-state index in [4.69, 9.17) is 4.74 Å². The van der Waals surface area contributed by atoms with Crippen molar-refractivity contribution in [2.45, 2.75) is 33.3 Å². The van der Waals surface area contributed by atoms with Gasteiger partial charge in [-0.2, -0.15) is 0 Å². The molecule has 0 radical (unpaired) electrons. The van der Waals surface area contributed by atoms with Gasteiger partial charge < -0.3 is 14.5 Å². The normalized spacial score (nSPS) is 15.6. The van der Waals surface area contributed by atoms with E-state index in [2.05, 4.69) is 0 Å². The van der Waals surface area contributed by atoms with Crippen molar-refractivity contribution >= 4 is 12.0 Å². The van der Waals surface area contributed by atoms with Gasteiger partial charge in [0.15, 0.2) is 0 Å². The summed E-state index contributed by atoms with van der Waals surface area (Å²) < 4.78 is 5.35. The first-order valence-corrected chi connectivity index (χ1v) is 7.60. The van der Waals surface area contributed by atoms with Gasteiger partial charge >= 0.3 is 6.09 Å². The highest BCUT2D eigenvalue weighted by Crippen LogP contribution is 2.14. The second-order valence-corrected chi connectivity index (χ2v) is 6.63. The Labute approximate surface area is 131 Å². The molecule has 1 aromatic rings. The Morgan fingerprint density at radius 1 is 0.955 bits per heavy atom. The summed E-state index contributed by atoms with van der Waals surface area (Å²) in [4.78, 5) is 27.8. The third-order valence-corrected chi connectivity index (χ3v) is 3.52. The van der Waals surface area contributed by atoms with Gasteiger partial charge in [-0.05, 0) is 39.8 Å². The maximum atomic E-state index is 12.4. The average Bonchev–Trinajstić information content (AvgIpc) is 2.46. The number of amides is 2. The number of carbonyl (C=O) groups is 2. The molecule has 1 fully saturated rings. The van der Waals surface area contributed by atoms with Gasteiger partial charge in [-0.15, -0.1) is 0 Å². The van der Waals surface area contributed by atoms with Crippen molar-refractivity contribution in [3.63, 3.8) is 0 Å². The second-order valence-electron chi connectivity index (χ2n) is 6.63. The van der Waals surface area contributed by atoms with Crippen LogP contribution < -0.4 is 0 Å². The van der Waals surface area contributed by atoms with Gasteiger partial charge in [0.25, 0.3) is 5.91 Å². The summed E-state index contributed by atoms with van der Waals surface area (Å²) in [6, 6.07) is 7.56. The van der Waals surface area contributed by atoms with Crippen molar-refractivity contribution in [1.82, 2.24) is 9.80 Å². The van der Waals surface area contributed by atoms with E-state index in [-0.39, 0.29) is 12.0 Å². The van der Waals surface area contributed by atoms with Gasteiger partial charge in [-0.3, -0.25) is 4.79 Å². The molecule has 1 aromatic carbocycles. The molecule has 2 amide bonds. The molecule has 5 heteroatoms. The van der Waals surface area contributed by atoms with E-state index >= 15 is 0 Å². The fraction of sp³-hybridized carbons (Fsp3) is 0.529. The van der Waals surface area contributed by atoms with Crippen LogP contribution in [0, 0.1) is 6.92 Å². The molecular formula is C17H24N2O3. The molecule has 5 nitrogen and oxygen atoms in total. The number of benzene rings is 1. The lowest BCUT2D eigenvalue weighted by molar-refractivity contribution is 0.0141. The highest BCUT2D eigenvalue weighted by molar-refractivity contribution is 5.94. The molecule has 0 bridgehead atoms. The number of carbonyl (C=O) groups excluding carboxylic acids is 2. The predicted molar refractivity (Wildman–Crippen MR) is 84.9 cm³/mol. The molecule has 2 rings (SSSR count). The SMILES string of the molecule is Cc1ccc(C(=O)N2CCN(C(=O)OC(C)(C)C)CC2)cc1. The fourth-order valence-corrected chi connectivity index (χ4v) is 2.30. The van der Waals surface area contributed by atoms with E-state index in [9.17, 15) is 9.59 Å². The van der Waals surface area contributed by atoms with E-state index < -0.39 is 5.60 Å². The smallest absolute Gasteiger partial charge is 0.410 e. The number of aryl methyl sites for hydroxylation is 1. The molecule has 0 spiro atoms. The van der Waals surface area contributed by atoms with Gasteiger partial charge in [-0.1, -0.05) is 17.7 Å². The molecule has 0 aliphatic carbocycles. The molecule has 120 valence electrons. The van der Waals surface area contributed by atoms with Gasteiger partial charge in [0, 0.05) is 31.7 Å². The summed E-state index contributed by atoms with van der Waals surface area (Å²) in [6.07, 6.45) is -0.310. The van der Waals surface area contributed by atoms with Crippen molar-refractivity contribution < 1.29 is 14.3 Å². The van der Waals surface area contributed by atoms with Crippen LogP contribution in [0.2, 0.25) is 0 Å². The number of rotatable bonds is 1. The zero-order valence-electron chi connectivity index (χ0n) is 13.8. The Morgan fingerprint density at radius 2 is 1.45 bits per heavy atom. The number of piperazine rings is 1. The molecule has 0 unspecified atom stereocenters. The molecular weight excluding hydrogens is 280 g/mol. The molecule has 0 N–H and O–H groups in total. The van der Waals surface area contributed by atoms with Crippen LogP contribution in [-0.4, -0.2) is 53.6 Å². The van der Waals surface area contributed by atoms with Gasteiger partial charge in [-0.25, -0.2) is 4.79 Å². The van der Waals surface area contributed by atoms with Crippen molar-refractivity contribution in [1.29, 1.82) is 0 Å². The second kappa shape index (κ2) is 6.38. The zero-order chi connectivity index (χ0) is 16.3. The van der Waals surface area contributed by atoms with Crippen LogP contribution in [0.4, 0.5) is 4.79 Å². The van der Waals surface area contributed by atoms with Crippen LogP contribution in [0.5, 0.6) is 0 Å². The van der Waals surface area contributed by atoms with Crippen LogP contribution in [-0.2, 0) is 4.74 Å². The van der Waals surface area contributed by atoms with E-state index in [1.54, 1.807) is 9.80 Å². The van der Waals surface area contributed by atoms with Crippen LogP contribution >= 0.6 is 0 Å².